The van der Waals surface area contributed by atoms with Crippen LogP contribution in [0.4, 0.5) is 0 Å². The van der Waals surface area contributed by atoms with E-state index in [-0.39, 0.29) is 18.5 Å². The molecule has 3 aromatic rings. The number of hydrogen-bond donors (Lipinski definition) is 4. The number of benzene rings is 3. The number of halogens is 1. The summed E-state index contributed by atoms with van der Waals surface area (Å²) in [6.45, 7) is 2.07. The van der Waals surface area contributed by atoms with Gasteiger partial charge in [-0.1, -0.05) is 35.9 Å². The van der Waals surface area contributed by atoms with Crippen LogP contribution in [0.1, 0.15) is 28.4 Å². The Morgan fingerprint density at radius 1 is 1.03 bits per heavy atom. The van der Waals surface area contributed by atoms with Crippen molar-refractivity contribution < 1.29 is 29.5 Å². The Morgan fingerprint density at radius 3 is 2.63 bits per heavy atom. The normalized spacial score (nSPS) is 15.7. The molecule has 35 heavy (non-hydrogen) atoms. The zero-order valence-electron chi connectivity index (χ0n) is 19.3. The molecule has 4 rings (SSSR count). The van der Waals surface area contributed by atoms with Crippen molar-refractivity contribution >= 4 is 11.6 Å². The molecule has 0 saturated carbocycles. The van der Waals surface area contributed by atoms with Crippen LogP contribution >= 0.6 is 11.6 Å². The predicted molar refractivity (Wildman–Crippen MR) is 133 cm³/mol. The molecular formula is C27H30ClNO6. The van der Waals surface area contributed by atoms with Gasteiger partial charge in [-0.2, -0.15) is 0 Å². The van der Waals surface area contributed by atoms with E-state index < -0.39 is 6.10 Å². The highest BCUT2D eigenvalue weighted by Gasteiger charge is 2.21. The number of hydrogen-bond acceptors (Lipinski definition) is 7. The molecule has 1 heterocycles. The van der Waals surface area contributed by atoms with Crippen LogP contribution < -0.4 is 14.8 Å². The Kier molecular flexibility index (Phi) is 8.84. The van der Waals surface area contributed by atoms with Gasteiger partial charge < -0.3 is 34.8 Å². The highest BCUT2D eigenvalue weighted by Crippen LogP contribution is 2.33. The lowest BCUT2D eigenvalue weighted by Gasteiger charge is -2.27. The van der Waals surface area contributed by atoms with Crippen molar-refractivity contribution in [1.82, 2.24) is 5.32 Å². The van der Waals surface area contributed by atoms with Crippen LogP contribution in [-0.4, -0.2) is 47.7 Å². The summed E-state index contributed by atoms with van der Waals surface area (Å²) < 4.78 is 17.7. The van der Waals surface area contributed by atoms with E-state index in [0.29, 0.717) is 54.8 Å². The molecule has 7 nitrogen and oxygen atoms in total. The van der Waals surface area contributed by atoms with E-state index in [1.54, 1.807) is 12.1 Å². The van der Waals surface area contributed by atoms with Gasteiger partial charge in [0.25, 0.3) is 0 Å². The maximum Gasteiger partial charge on any atom is 0.162 e. The molecule has 0 saturated heterocycles. The highest BCUT2D eigenvalue weighted by molar-refractivity contribution is 6.30. The molecule has 0 radical (unpaired) electrons. The Balaban J connectivity index is 1.21. The molecule has 4 N–H and O–H groups in total. The van der Waals surface area contributed by atoms with Gasteiger partial charge in [0.05, 0.1) is 25.9 Å². The van der Waals surface area contributed by atoms with Crippen molar-refractivity contribution in [3.63, 3.8) is 0 Å². The van der Waals surface area contributed by atoms with Gasteiger partial charge >= 0.3 is 0 Å². The second kappa shape index (κ2) is 12.2. The SMILES string of the molecule is OCc1cc(C(O)CNCCc2ccc3c(c2)OC(COCc2ccc(Cl)cc2)CO3)ccc1O. The average Bonchev–Trinajstić information content (AvgIpc) is 2.87. The molecular weight excluding hydrogens is 470 g/mol. The van der Waals surface area contributed by atoms with Gasteiger partial charge in [0, 0.05) is 17.1 Å². The van der Waals surface area contributed by atoms with Gasteiger partial charge in [-0.25, -0.2) is 0 Å². The number of aromatic hydroxyl groups is 1. The summed E-state index contributed by atoms with van der Waals surface area (Å²) in [5.74, 6) is 1.44. The molecule has 1 aliphatic heterocycles. The Hall–Kier alpha value is -2.81. The maximum absolute atomic E-state index is 10.4. The topological polar surface area (TPSA) is 100 Å². The third kappa shape index (κ3) is 7.10. The molecule has 0 bridgehead atoms. The maximum atomic E-state index is 10.4. The Bertz CT molecular complexity index is 1110. The molecule has 3 aromatic carbocycles. The lowest BCUT2D eigenvalue weighted by molar-refractivity contribution is 0.00266. The lowest BCUT2D eigenvalue weighted by atomic mass is 10.1. The van der Waals surface area contributed by atoms with E-state index in [2.05, 4.69) is 5.32 Å². The van der Waals surface area contributed by atoms with Crippen LogP contribution in [0, 0.1) is 0 Å². The van der Waals surface area contributed by atoms with Crippen molar-refractivity contribution in [2.24, 2.45) is 0 Å². The third-order valence-corrected chi connectivity index (χ3v) is 6.05. The Labute approximate surface area is 209 Å². The molecule has 0 amide bonds. The van der Waals surface area contributed by atoms with Gasteiger partial charge in [0.15, 0.2) is 17.6 Å². The largest absolute Gasteiger partial charge is 0.508 e. The summed E-state index contributed by atoms with van der Waals surface area (Å²) in [5.41, 5.74) is 3.17. The summed E-state index contributed by atoms with van der Waals surface area (Å²) in [5, 5.41) is 33.3. The zero-order chi connectivity index (χ0) is 24.6. The highest BCUT2D eigenvalue weighted by atomic mass is 35.5. The minimum Gasteiger partial charge on any atom is -0.508 e. The summed E-state index contributed by atoms with van der Waals surface area (Å²) in [7, 11) is 0. The number of rotatable bonds is 11. The van der Waals surface area contributed by atoms with Crippen LogP contribution in [0.5, 0.6) is 17.2 Å². The van der Waals surface area contributed by atoms with E-state index in [4.69, 9.17) is 25.8 Å². The van der Waals surface area contributed by atoms with Gasteiger partial charge in [0.1, 0.15) is 12.4 Å². The zero-order valence-corrected chi connectivity index (χ0v) is 20.1. The third-order valence-electron chi connectivity index (χ3n) is 5.80. The summed E-state index contributed by atoms with van der Waals surface area (Å²) in [6.07, 6.45) is -0.180. The van der Waals surface area contributed by atoms with Crippen LogP contribution in [0.25, 0.3) is 0 Å². The fraction of sp³-hybridized carbons (Fsp3) is 0.333. The number of fused-ring (bicyclic) bond motifs is 1. The van der Waals surface area contributed by atoms with Crippen molar-refractivity contribution in [1.29, 1.82) is 0 Å². The van der Waals surface area contributed by atoms with Gasteiger partial charge in [-0.15, -0.1) is 0 Å². The van der Waals surface area contributed by atoms with E-state index >= 15 is 0 Å². The average molecular weight is 500 g/mol. The molecule has 0 aliphatic carbocycles. The molecule has 2 atom stereocenters. The van der Waals surface area contributed by atoms with E-state index in [1.807, 2.05) is 42.5 Å². The molecule has 0 aromatic heterocycles. The van der Waals surface area contributed by atoms with Crippen LogP contribution in [0.3, 0.4) is 0 Å². The van der Waals surface area contributed by atoms with Crippen molar-refractivity contribution in [3.8, 4) is 17.2 Å². The van der Waals surface area contributed by atoms with E-state index in [0.717, 1.165) is 23.3 Å². The molecule has 1 aliphatic rings. The molecule has 0 spiro atoms. The summed E-state index contributed by atoms with van der Waals surface area (Å²) in [6, 6.07) is 18.2. The van der Waals surface area contributed by atoms with Gasteiger partial charge in [-0.05, 0) is 66.1 Å². The van der Waals surface area contributed by atoms with Crippen molar-refractivity contribution in [2.45, 2.75) is 31.8 Å². The predicted octanol–water partition coefficient (Wildman–Crippen LogP) is 3.76. The fourth-order valence-electron chi connectivity index (χ4n) is 3.82. The first kappa shape index (κ1) is 25.3. The van der Waals surface area contributed by atoms with Gasteiger partial charge in [0.2, 0.25) is 0 Å². The lowest BCUT2D eigenvalue weighted by Crippen LogP contribution is -2.33. The van der Waals surface area contributed by atoms with Crippen molar-refractivity contribution in [3.05, 3.63) is 87.9 Å². The van der Waals surface area contributed by atoms with Crippen LogP contribution in [0.2, 0.25) is 5.02 Å². The molecule has 186 valence electrons. The van der Waals surface area contributed by atoms with Crippen LogP contribution in [0.15, 0.2) is 60.7 Å². The first-order chi connectivity index (χ1) is 17.0. The minimum absolute atomic E-state index is 0.0189. The monoisotopic (exact) mass is 499 g/mol. The molecule has 2 unspecified atom stereocenters. The van der Waals surface area contributed by atoms with E-state index in [9.17, 15) is 15.3 Å². The Morgan fingerprint density at radius 2 is 1.83 bits per heavy atom. The smallest absolute Gasteiger partial charge is 0.162 e. The number of nitrogens with one attached hydrogen (secondary N) is 1. The van der Waals surface area contributed by atoms with Gasteiger partial charge in [-0.3, -0.25) is 0 Å². The quantitative estimate of drug-likeness (QED) is 0.298. The number of ether oxygens (including phenoxy) is 3. The second-order valence-electron chi connectivity index (χ2n) is 8.49. The standard InChI is InChI=1S/C27H30ClNO6/c28-22-5-1-19(2-6-22)15-33-16-23-17-34-26-8-3-18(11-27(26)35-23)9-10-29-13-25(32)20-4-7-24(31)21(12-20)14-30/h1-8,11-12,23,25,29-32H,9-10,13-17H2. The number of aliphatic hydroxyl groups is 2. The van der Waals surface area contributed by atoms with Crippen molar-refractivity contribution in [2.75, 3.05) is 26.3 Å². The van der Waals surface area contributed by atoms with Crippen LogP contribution in [-0.2, 0) is 24.4 Å². The first-order valence-corrected chi connectivity index (χ1v) is 12.0. The number of phenols is 1. The minimum atomic E-state index is -0.741. The molecule has 8 heteroatoms. The van der Waals surface area contributed by atoms with E-state index in [1.165, 1.54) is 6.07 Å². The summed E-state index contributed by atoms with van der Waals surface area (Å²) in [4.78, 5) is 0. The number of aliphatic hydroxyl groups excluding tert-OH is 2. The summed E-state index contributed by atoms with van der Waals surface area (Å²) >= 11 is 5.91. The fourth-order valence-corrected chi connectivity index (χ4v) is 3.94. The molecule has 0 fully saturated rings. The second-order valence-corrected chi connectivity index (χ2v) is 8.93. The first-order valence-electron chi connectivity index (χ1n) is 11.6.